The van der Waals surface area contributed by atoms with Crippen molar-refractivity contribution in [3.05, 3.63) is 30.1 Å². The summed E-state index contributed by atoms with van der Waals surface area (Å²) < 4.78 is 0. The van der Waals surface area contributed by atoms with Crippen molar-refractivity contribution in [1.82, 2.24) is 15.6 Å². The largest absolute Gasteiger partial charge is 0.346 e. The maximum Gasteiger partial charge on any atom is 0.270 e. The molecule has 1 aliphatic carbocycles. The molecule has 3 atom stereocenters. The lowest BCUT2D eigenvalue weighted by atomic mass is 10.1. The zero-order valence-electron chi connectivity index (χ0n) is 9.02. The molecule has 2 aliphatic rings. The minimum Gasteiger partial charge on any atom is -0.346 e. The molecule has 1 saturated carbocycles. The van der Waals surface area contributed by atoms with Crippen molar-refractivity contribution in [3.63, 3.8) is 0 Å². The van der Waals surface area contributed by atoms with Crippen LogP contribution in [0.4, 0.5) is 0 Å². The fraction of sp³-hybridized carbons (Fsp3) is 0.500. The van der Waals surface area contributed by atoms with Gasteiger partial charge < -0.3 is 10.6 Å². The van der Waals surface area contributed by atoms with Crippen LogP contribution in [0.2, 0.25) is 0 Å². The molecule has 1 aliphatic heterocycles. The van der Waals surface area contributed by atoms with Gasteiger partial charge in [0.2, 0.25) is 0 Å². The van der Waals surface area contributed by atoms with Gasteiger partial charge in [-0.15, -0.1) is 0 Å². The van der Waals surface area contributed by atoms with E-state index in [1.54, 1.807) is 12.3 Å². The highest BCUT2D eigenvalue weighted by Gasteiger charge is 2.40. The van der Waals surface area contributed by atoms with Gasteiger partial charge in [0.25, 0.3) is 5.91 Å². The standard InChI is InChI=1S/C12H15N3O/c16-12(9-3-1-2-4-13-9)15-11-6-8-5-10(11)14-7-8/h1-4,8,10-11,14H,5-7H2,(H,15,16). The first-order chi connectivity index (χ1) is 7.83. The van der Waals surface area contributed by atoms with Gasteiger partial charge in [-0.1, -0.05) is 6.07 Å². The van der Waals surface area contributed by atoms with Crippen molar-refractivity contribution >= 4 is 5.91 Å². The molecule has 2 bridgehead atoms. The summed E-state index contributed by atoms with van der Waals surface area (Å²) in [6, 6.07) is 6.15. The summed E-state index contributed by atoms with van der Waals surface area (Å²) in [6.45, 7) is 1.11. The predicted molar refractivity (Wildman–Crippen MR) is 60.0 cm³/mol. The van der Waals surface area contributed by atoms with Crippen molar-refractivity contribution in [2.24, 2.45) is 5.92 Å². The average Bonchev–Trinajstić information content (AvgIpc) is 2.92. The lowest BCUT2D eigenvalue weighted by Crippen LogP contribution is -2.48. The number of rotatable bonds is 2. The molecule has 1 saturated heterocycles. The SMILES string of the molecule is O=C(NC1CC2CNC1C2)c1ccccn1. The molecular weight excluding hydrogens is 202 g/mol. The van der Waals surface area contributed by atoms with Crippen molar-refractivity contribution in [1.29, 1.82) is 0 Å². The Morgan fingerprint density at radius 2 is 2.38 bits per heavy atom. The van der Waals surface area contributed by atoms with Crippen LogP contribution in [0, 0.1) is 5.92 Å². The number of nitrogens with one attached hydrogen (secondary N) is 2. The van der Waals surface area contributed by atoms with E-state index in [0.29, 0.717) is 11.7 Å². The monoisotopic (exact) mass is 217 g/mol. The number of carbonyl (C=O) groups is 1. The number of carbonyl (C=O) groups excluding carboxylic acids is 1. The van der Waals surface area contributed by atoms with Gasteiger partial charge in [0.15, 0.2) is 0 Å². The van der Waals surface area contributed by atoms with Crippen molar-refractivity contribution in [2.75, 3.05) is 6.54 Å². The number of hydrogen-bond acceptors (Lipinski definition) is 3. The normalized spacial score (nSPS) is 31.6. The van der Waals surface area contributed by atoms with E-state index in [4.69, 9.17) is 0 Å². The second-order valence-electron chi connectivity index (χ2n) is 4.65. The third-order valence-corrected chi connectivity index (χ3v) is 3.54. The van der Waals surface area contributed by atoms with Crippen LogP contribution in [0.3, 0.4) is 0 Å². The molecule has 4 heteroatoms. The van der Waals surface area contributed by atoms with E-state index < -0.39 is 0 Å². The van der Waals surface area contributed by atoms with Crippen LogP contribution in [0.1, 0.15) is 23.3 Å². The number of piperidine rings is 1. The van der Waals surface area contributed by atoms with Crippen LogP contribution in [-0.4, -0.2) is 29.5 Å². The molecule has 2 heterocycles. The lowest BCUT2D eigenvalue weighted by molar-refractivity contribution is 0.0923. The molecule has 1 aromatic rings. The molecule has 2 N–H and O–H groups in total. The first-order valence-electron chi connectivity index (χ1n) is 5.78. The van der Waals surface area contributed by atoms with Gasteiger partial charge >= 0.3 is 0 Å². The summed E-state index contributed by atoms with van der Waals surface area (Å²) in [7, 11) is 0. The van der Waals surface area contributed by atoms with Crippen molar-refractivity contribution < 1.29 is 4.79 Å². The molecule has 0 aromatic carbocycles. The Kier molecular flexibility index (Phi) is 2.36. The predicted octanol–water partition coefficient (Wildman–Crippen LogP) is 0.562. The Bertz CT molecular complexity index is 393. The lowest BCUT2D eigenvalue weighted by Gasteiger charge is -2.23. The number of hydrogen-bond donors (Lipinski definition) is 2. The summed E-state index contributed by atoms with van der Waals surface area (Å²) in [5.74, 6) is 0.694. The molecule has 84 valence electrons. The van der Waals surface area contributed by atoms with Crippen LogP contribution < -0.4 is 10.6 Å². The summed E-state index contributed by atoms with van der Waals surface area (Å²) in [6.07, 6.45) is 3.96. The highest BCUT2D eigenvalue weighted by atomic mass is 16.1. The number of fused-ring (bicyclic) bond motifs is 2. The topological polar surface area (TPSA) is 54.0 Å². The molecule has 1 amide bonds. The Morgan fingerprint density at radius 3 is 3.00 bits per heavy atom. The number of nitrogens with zero attached hydrogens (tertiary/aromatic N) is 1. The zero-order valence-corrected chi connectivity index (χ0v) is 9.02. The van der Waals surface area contributed by atoms with E-state index in [1.807, 2.05) is 12.1 Å². The molecule has 3 unspecified atom stereocenters. The Labute approximate surface area is 94.5 Å². The molecule has 0 spiro atoms. The van der Waals surface area contributed by atoms with Gasteiger partial charge in [0.1, 0.15) is 5.69 Å². The second-order valence-corrected chi connectivity index (χ2v) is 4.65. The summed E-state index contributed by atoms with van der Waals surface area (Å²) >= 11 is 0. The third kappa shape index (κ3) is 1.69. The maximum atomic E-state index is 11.9. The molecule has 3 rings (SSSR count). The van der Waals surface area contributed by atoms with Gasteiger partial charge in [0, 0.05) is 18.3 Å². The van der Waals surface area contributed by atoms with Gasteiger partial charge in [-0.2, -0.15) is 0 Å². The highest BCUT2D eigenvalue weighted by molar-refractivity contribution is 5.92. The van der Waals surface area contributed by atoms with Crippen LogP contribution >= 0.6 is 0 Å². The van der Waals surface area contributed by atoms with Crippen LogP contribution in [0.15, 0.2) is 24.4 Å². The van der Waals surface area contributed by atoms with E-state index in [2.05, 4.69) is 15.6 Å². The van der Waals surface area contributed by atoms with E-state index in [0.717, 1.165) is 18.9 Å². The van der Waals surface area contributed by atoms with Crippen LogP contribution in [0.5, 0.6) is 0 Å². The molecule has 2 fully saturated rings. The van der Waals surface area contributed by atoms with Gasteiger partial charge in [-0.05, 0) is 37.4 Å². The quantitative estimate of drug-likeness (QED) is 0.761. The molecule has 16 heavy (non-hydrogen) atoms. The molecule has 1 aromatic heterocycles. The molecular formula is C12H15N3O. The van der Waals surface area contributed by atoms with Crippen LogP contribution in [-0.2, 0) is 0 Å². The van der Waals surface area contributed by atoms with E-state index in [9.17, 15) is 4.79 Å². The van der Waals surface area contributed by atoms with E-state index in [1.165, 1.54) is 6.42 Å². The molecule has 0 radical (unpaired) electrons. The van der Waals surface area contributed by atoms with Crippen LogP contribution in [0.25, 0.3) is 0 Å². The van der Waals surface area contributed by atoms with E-state index >= 15 is 0 Å². The second kappa shape index (κ2) is 3.87. The summed E-state index contributed by atoms with van der Waals surface area (Å²) in [5.41, 5.74) is 0.505. The highest BCUT2D eigenvalue weighted by Crippen LogP contribution is 2.31. The minimum absolute atomic E-state index is 0.0556. The number of aromatic nitrogens is 1. The Balaban J connectivity index is 1.65. The summed E-state index contributed by atoms with van der Waals surface area (Å²) in [4.78, 5) is 15.9. The minimum atomic E-state index is -0.0556. The fourth-order valence-corrected chi connectivity index (χ4v) is 2.75. The number of amides is 1. The molecule has 4 nitrogen and oxygen atoms in total. The summed E-state index contributed by atoms with van der Waals surface area (Å²) in [5, 5.41) is 6.49. The maximum absolute atomic E-state index is 11.9. The zero-order chi connectivity index (χ0) is 11.0. The first-order valence-corrected chi connectivity index (χ1v) is 5.78. The Morgan fingerprint density at radius 1 is 1.44 bits per heavy atom. The first kappa shape index (κ1) is 9.78. The van der Waals surface area contributed by atoms with Gasteiger partial charge in [-0.25, -0.2) is 0 Å². The van der Waals surface area contributed by atoms with Crippen molar-refractivity contribution in [2.45, 2.75) is 24.9 Å². The average molecular weight is 217 g/mol. The third-order valence-electron chi connectivity index (χ3n) is 3.54. The Hall–Kier alpha value is -1.42. The van der Waals surface area contributed by atoms with Gasteiger partial charge in [-0.3, -0.25) is 9.78 Å². The van der Waals surface area contributed by atoms with Gasteiger partial charge in [0.05, 0.1) is 0 Å². The fourth-order valence-electron chi connectivity index (χ4n) is 2.75. The van der Waals surface area contributed by atoms with E-state index in [-0.39, 0.29) is 11.9 Å². The number of pyridine rings is 1. The smallest absolute Gasteiger partial charge is 0.270 e. The van der Waals surface area contributed by atoms with Crippen molar-refractivity contribution in [3.8, 4) is 0 Å².